The lowest BCUT2D eigenvalue weighted by atomic mass is 9.76. The van der Waals surface area contributed by atoms with Gasteiger partial charge in [0.25, 0.3) is 5.91 Å². The Morgan fingerprint density at radius 3 is 2.74 bits per heavy atom. The Hall–Kier alpha value is -2.70. The Bertz CT molecular complexity index is 1080. The van der Waals surface area contributed by atoms with Crippen molar-refractivity contribution in [1.29, 1.82) is 0 Å². The Morgan fingerprint density at radius 1 is 1.26 bits per heavy atom. The van der Waals surface area contributed by atoms with Gasteiger partial charge in [-0.05, 0) is 68.1 Å². The summed E-state index contributed by atoms with van der Waals surface area (Å²) in [6.07, 6.45) is 9.58. The van der Waals surface area contributed by atoms with Gasteiger partial charge >= 0.3 is 0 Å². The van der Waals surface area contributed by atoms with Gasteiger partial charge in [0.2, 0.25) is 0 Å². The zero-order valence-electron chi connectivity index (χ0n) is 21.4. The smallest absolute Gasteiger partial charge is 0.276 e. The normalized spacial score (nSPS) is 19.7. The molecule has 0 spiro atoms. The van der Waals surface area contributed by atoms with E-state index in [1.165, 1.54) is 25.5 Å². The van der Waals surface area contributed by atoms with E-state index in [9.17, 15) is 4.79 Å². The number of hydroxylamine groups is 1. The Labute approximate surface area is 214 Å². The number of amides is 1. The first-order chi connectivity index (χ1) is 16.8. The highest BCUT2D eigenvalue weighted by Crippen LogP contribution is 2.34. The summed E-state index contributed by atoms with van der Waals surface area (Å²) in [5.41, 5.74) is 6.34. The Balaban J connectivity index is 1.88. The van der Waals surface area contributed by atoms with E-state index in [0.717, 1.165) is 30.9 Å². The minimum absolute atomic E-state index is 0.349. The number of hydrogen-bond donors (Lipinski definition) is 2. The number of aromatic nitrogens is 1. The number of nitrogens with one attached hydrogen (secondary N) is 2. The monoisotopic (exact) mass is 496 g/mol. The van der Waals surface area contributed by atoms with E-state index in [0.29, 0.717) is 39.6 Å². The van der Waals surface area contributed by atoms with E-state index in [1.807, 2.05) is 18.2 Å². The fourth-order valence-electron chi connectivity index (χ4n) is 4.76. The first-order valence-corrected chi connectivity index (χ1v) is 12.8. The molecule has 1 amide bonds. The number of para-hydroxylation sites is 1. The van der Waals surface area contributed by atoms with Crippen LogP contribution in [0.4, 0.5) is 17.2 Å². The van der Waals surface area contributed by atoms with Crippen molar-refractivity contribution in [3.05, 3.63) is 58.8 Å². The number of anilines is 2. The number of benzene rings is 1. The number of rotatable bonds is 8. The third-order valence-electron chi connectivity index (χ3n) is 6.63. The molecule has 1 aliphatic carbocycles. The fraction of sp³-hybridized carbons (Fsp3) is 0.464. The molecule has 0 aliphatic heterocycles. The minimum atomic E-state index is -0.349. The summed E-state index contributed by atoms with van der Waals surface area (Å²) in [5.74, 6) is 2.37. The second-order valence-corrected chi connectivity index (χ2v) is 10.0. The van der Waals surface area contributed by atoms with Crippen LogP contribution >= 0.6 is 11.6 Å². The van der Waals surface area contributed by atoms with E-state index in [4.69, 9.17) is 21.4 Å². The average molecular weight is 497 g/mol. The van der Waals surface area contributed by atoms with Crippen molar-refractivity contribution in [1.82, 2.24) is 10.5 Å². The number of nitrogens with zero attached hydrogens (tertiary/aromatic N) is 2. The molecule has 0 bridgehead atoms. The van der Waals surface area contributed by atoms with Crippen molar-refractivity contribution in [2.45, 2.75) is 59.8 Å². The summed E-state index contributed by atoms with van der Waals surface area (Å²) in [6, 6.07) is 9.00. The van der Waals surface area contributed by atoms with Crippen molar-refractivity contribution in [2.24, 2.45) is 22.7 Å². The molecule has 1 aliphatic rings. The first-order valence-electron chi connectivity index (χ1n) is 12.4. The van der Waals surface area contributed by atoms with Gasteiger partial charge in [-0.15, -0.1) is 0 Å². The van der Waals surface area contributed by atoms with Gasteiger partial charge in [0.15, 0.2) is 5.82 Å². The van der Waals surface area contributed by atoms with E-state index < -0.39 is 0 Å². The lowest BCUT2D eigenvalue weighted by Gasteiger charge is -2.29. The molecular formula is C28H37ClN4O2. The zero-order valence-corrected chi connectivity index (χ0v) is 22.2. The maximum absolute atomic E-state index is 12.4. The van der Waals surface area contributed by atoms with Crippen molar-refractivity contribution >= 4 is 40.4 Å². The van der Waals surface area contributed by atoms with Crippen LogP contribution in [0.15, 0.2) is 53.2 Å². The van der Waals surface area contributed by atoms with Gasteiger partial charge in [-0.25, -0.2) is 15.5 Å². The summed E-state index contributed by atoms with van der Waals surface area (Å²) in [7, 11) is 1.40. The van der Waals surface area contributed by atoms with E-state index >= 15 is 0 Å². The fourth-order valence-corrected chi connectivity index (χ4v) is 4.91. The predicted molar refractivity (Wildman–Crippen MR) is 145 cm³/mol. The molecule has 0 radical (unpaired) electrons. The molecule has 188 valence electrons. The van der Waals surface area contributed by atoms with E-state index in [-0.39, 0.29) is 5.91 Å². The van der Waals surface area contributed by atoms with E-state index in [2.05, 4.69) is 49.6 Å². The van der Waals surface area contributed by atoms with Gasteiger partial charge in [0.05, 0.1) is 35.3 Å². The zero-order chi connectivity index (χ0) is 25.4. The molecule has 0 saturated carbocycles. The molecule has 1 aromatic heterocycles. The molecular weight excluding hydrogens is 460 g/mol. The van der Waals surface area contributed by atoms with Gasteiger partial charge in [-0.1, -0.05) is 57.0 Å². The molecule has 35 heavy (non-hydrogen) atoms. The van der Waals surface area contributed by atoms with Gasteiger partial charge in [-0.2, -0.15) is 0 Å². The number of hydrogen-bond acceptors (Lipinski definition) is 5. The largest absolute Gasteiger partial charge is 0.353 e. The van der Waals surface area contributed by atoms with Crippen LogP contribution in [-0.2, 0) is 4.84 Å². The van der Waals surface area contributed by atoms with Crippen molar-refractivity contribution in [3.8, 4) is 0 Å². The van der Waals surface area contributed by atoms with Gasteiger partial charge in [-0.3, -0.25) is 9.63 Å². The molecule has 2 unspecified atom stereocenters. The highest BCUT2D eigenvalue weighted by atomic mass is 35.5. The number of carbonyl (C=O) groups is 1. The van der Waals surface area contributed by atoms with Gasteiger partial charge in [0, 0.05) is 11.8 Å². The van der Waals surface area contributed by atoms with Crippen LogP contribution in [-0.4, -0.2) is 23.7 Å². The molecule has 1 heterocycles. The summed E-state index contributed by atoms with van der Waals surface area (Å²) >= 11 is 6.45. The molecule has 6 nitrogen and oxygen atoms in total. The second-order valence-electron chi connectivity index (χ2n) is 9.61. The standard InChI is InChI=1S/C28H37ClN4O2/c1-6-20-12-11-19(4)24(14-13-21(20)15-18(2)3)32-27-16-26(23(29)17-30-27)31-25-10-8-7-9-22(25)28(34)33-35-5/h7-11,16-18,20-21H,6,12-15H2,1-5H3,(H,30,31)(H,33,34). The van der Waals surface area contributed by atoms with Crippen LogP contribution in [0.3, 0.4) is 0 Å². The average Bonchev–Trinajstić information content (AvgIpc) is 2.82. The quantitative estimate of drug-likeness (QED) is 0.368. The maximum Gasteiger partial charge on any atom is 0.276 e. The lowest BCUT2D eigenvalue weighted by molar-refractivity contribution is 0.0538. The third-order valence-corrected chi connectivity index (χ3v) is 6.93. The summed E-state index contributed by atoms with van der Waals surface area (Å²) in [5, 5.41) is 3.71. The van der Waals surface area contributed by atoms with Gasteiger partial charge < -0.3 is 5.32 Å². The van der Waals surface area contributed by atoms with Crippen molar-refractivity contribution in [2.75, 3.05) is 12.4 Å². The van der Waals surface area contributed by atoms with Crippen LogP contribution in [0.25, 0.3) is 0 Å². The highest BCUT2D eigenvalue weighted by Gasteiger charge is 2.23. The Kier molecular flexibility index (Phi) is 9.87. The topological polar surface area (TPSA) is 75.6 Å². The number of aliphatic imine (C=N–C) groups is 1. The minimum Gasteiger partial charge on any atom is -0.353 e. The maximum atomic E-state index is 12.4. The van der Waals surface area contributed by atoms with Crippen LogP contribution in [0.1, 0.15) is 70.2 Å². The number of halogens is 1. The lowest BCUT2D eigenvalue weighted by Crippen LogP contribution is -2.22. The van der Waals surface area contributed by atoms with E-state index in [1.54, 1.807) is 18.3 Å². The number of carbonyl (C=O) groups excluding carboxylic acids is 1. The van der Waals surface area contributed by atoms with Crippen LogP contribution in [0.5, 0.6) is 0 Å². The van der Waals surface area contributed by atoms with Gasteiger partial charge in [0.1, 0.15) is 0 Å². The molecule has 2 N–H and O–H groups in total. The second kappa shape index (κ2) is 12.8. The molecule has 1 aromatic carbocycles. The molecule has 3 rings (SSSR count). The third kappa shape index (κ3) is 7.39. The van der Waals surface area contributed by atoms with Crippen molar-refractivity contribution in [3.63, 3.8) is 0 Å². The molecule has 2 atom stereocenters. The molecule has 7 heteroatoms. The first kappa shape index (κ1) is 26.9. The summed E-state index contributed by atoms with van der Waals surface area (Å²) in [6.45, 7) is 9.07. The summed E-state index contributed by atoms with van der Waals surface area (Å²) < 4.78 is 0. The highest BCUT2D eigenvalue weighted by molar-refractivity contribution is 6.33. The Morgan fingerprint density at radius 2 is 2.03 bits per heavy atom. The van der Waals surface area contributed by atoms with Crippen LogP contribution < -0.4 is 10.8 Å². The number of allylic oxidation sites excluding steroid dienone is 2. The van der Waals surface area contributed by atoms with Crippen molar-refractivity contribution < 1.29 is 9.63 Å². The summed E-state index contributed by atoms with van der Waals surface area (Å²) in [4.78, 5) is 26.5. The SMILES string of the molecule is CCC1CC=C(C)C(=Nc2cc(Nc3ccccc3C(=O)NOC)c(Cl)cn2)CCC1CC(C)C. The molecule has 2 aromatic rings. The number of pyridine rings is 1. The predicted octanol–water partition coefficient (Wildman–Crippen LogP) is 7.66. The van der Waals surface area contributed by atoms with Crippen LogP contribution in [0.2, 0.25) is 5.02 Å². The molecule has 0 fully saturated rings. The van der Waals surface area contributed by atoms with Crippen LogP contribution in [0, 0.1) is 17.8 Å². The molecule has 0 saturated heterocycles.